The minimum atomic E-state index is -0.906. The third-order valence-corrected chi connectivity index (χ3v) is 4.19. The molecule has 22 heavy (non-hydrogen) atoms. The van der Waals surface area contributed by atoms with Gasteiger partial charge in [0.1, 0.15) is 0 Å². The van der Waals surface area contributed by atoms with Crippen LogP contribution in [-0.4, -0.2) is 64.7 Å². The number of H-pyrrole nitrogens is 1. The van der Waals surface area contributed by atoms with Crippen LogP contribution in [0.1, 0.15) is 23.4 Å². The number of rotatable bonds is 4. The molecule has 8 heteroatoms. The lowest BCUT2D eigenvalue weighted by Crippen LogP contribution is -2.38. The monoisotopic (exact) mass is 309 g/mol. The van der Waals surface area contributed by atoms with Gasteiger partial charge in [0.25, 0.3) is 11.5 Å². The molecule has 1 aliphatic heterocycles. The van der Waals surface area contributed by atoms with Crippen molar-refractivity contribution in [3.8, 4) is 0 Å². The lowest BCUT2D eigenvalue weighted by atomic mass is 10.1. The number of aliphatic carboxylic acids is 1. The summed E-state index contributed by atoms with van der Waals surface area (Å²) in [5, 5.41) is 11.4. The summed E-state index contributed by atoms with van der Waals surface area (Å²) in [5.74, 6) is -1.39. The van der Waals surface area contributed by atoms with Gasteiger partial charge in [-0.3, -0.25) is 14.4 Å². The van der Waals surface area contributed by atoms with Crippen LogP contribution in [0.15, 0.2) is 15.4 Å². The summed E-state index contributed by atoms with van der Waals surface area (Å²) in [4.78, 5) is 38.4. The molecular formula is C14H19N3O5. The largest absolute Gasteiger partial charge is 0.481 e. The predicted octanol–water partition coefficient (Wildman–Crippen LogP) is -0.163. The summed E-state index contributed by atoms with van der Waals surface area (Å²) >= 11 is 0. The molecule has 0 radical (unpaired) electrons. The summed E-state index contributed by atoms with van der Waals surface area (Å²) < 4.78 is 4.83. The highest BCUT2D eigenvalue weighted by Crippen LogP contribution is 2.30. The second-order valence-electron chi connectivity index (χ2n) is 6.07. The summed E-state index contributed by atoms with van der Waals surface area (Å²) in [5.41, 5.74) is -0.483. The maximum Gasteiger partial charge on any atom is 0.309 e. The zero-order valence-corrected chi connectivity index (χ0v) is 12.2. The van der Waals surface area contributed by atoms with Crippen molar-refractivity contribution in [2.24, 2.45) is 11.8 Å². The number of aromatic nitrogens is 1. The highest BCUT2D eigenvalue weighted by molar-refractivity contribution is 5.91. The predicted molar refractivity (Wildman–Crippen MR) is 75.5 cm³/mol. The molecule has 3 rings (SSSR count). The molecule has 0 spiro atoms. The molecule has 1 saturated heterocycles. The van der Waals surface area contributed by atoms with Gasteiger partial charge in [0, 0.05) is 32.7 Å². The molecule has 2 heterocycles. The molecular weight excluding hydrogens is 290 g/mol. The minimum Gasteiger partial charge on any atom is -0.481 e. The highest BCUT2D eigenvalue weighted by atomic mass is 16.5. The standard InChI is InChI=1S/C14H19N3O5/c18-12-5-11(22-15-12)13(19)17-4-3-16(6-9-1-2-9)7-10(8-17)14(20)21/h5,9-10H,1-4,6-8H2,(H,15,18)(H,20,21)/t10-/m1/s1. The van der Waals surface area contributed by atoms with E-state index >= 15 is 0 Å². The van der Waals surface area contributed by atoms with Gasteiger partial charge in [-0.25, -0.2) is 0 Å². The van der Waals surface area contributed by atoms with E-state index in [9.17, 15) is 19.5 Å². The van der Waals surface area contributed by atoms with Crippen molar-refractivity contribution >= 4 is 11.9 Å². The van der Waals surface area contributed by atoms with Gasteiger partial charge < -0.3 is 19.4 Å². The van der Waals surface area contributed by atoms with Crippen LogP contribution in [-0.2, 0) is 4.79 Å². The van der Waals surface area contributed by atoms with Gasteiger partial charge in [0.05, 0.1) is 12.0 Å². The van der Waals surface area contributed by atoms with Gasteiger partial charge in [0.15, 0.2) is 0 Å². The number of hydrogen-bond donors (Lipinski definition) is 2. The molecule has 0 aromatic carbocycles. The van der Waals surface area contributed by atoms with Crippen LogP contribution in [0.4, 0.5) is 0 Å². The van der Waals surface area contributed by atoms with Gasteiger partial charge >= 0.3 is 5.97 Å². The fourth-order valence-electron chi connectivity index (χ4n) is 2.80. The Bertz CT molecular complexity index is 618. The molecule has 1 saturated carbocycles. The zero-order chi connectivity index (χ0) is 15.7. The quantitative estimate of drug-likeness (QED) is 0.800. The average Bonchev–Trinajstić information content (AvgIpc) is 3.23. The Balaban J connectivity index is 1.72. The summed E-state index contributed by atoms with van der Waals surface area (Å²) in [6.07, 6.45) is 2.40. The molecule has 1 amide bonds. The van der Waals surface area contributed by atoms with E-state index in [1.54, 1.807) is 0 Å². The maximum atomic E-state index is 12.3. The van der Waals surface area contributed by atoms with Crippen molar-refractivity contribution in [3.05, 3.63) is 22.2 Å². The second-order valence-corrected chi connectivity index (χ2v) is 6.07. The van der Waals surface area contributed by atoms with Crippen molar-refractivity contribution in [2.75, 3.05) is 32.7 Å². The van der Waals surface area contributed by atoms with E-state index in [1.807, 2.05) is 0 Å². The lowest BCUT2D eigenvalue weighted by Gasteiger charge is -2.21. The molecule has 2 fully saturated rings. The van der Waals surface area contributed by atoms with Crippen molar-refractivity contribution < 1.29 is 19.2 Å². The smallest absolute Gasteiger partial charge is 0.309 e. The Labute approximate surface area is 126 Å². The van der Waals surface area contributed by atoms with Gasteiger partial charge in [-0.05, 0) is 18.8 Å². The van der Waals surface area contributed by atoms with Crippen molar-refractivity contribution in [2.45, 2.75) is 12.8 Å². The molecule has 2 aliphatic rings. The van der Waals surface area contributed by atoms with Gasteiger partial charge in [-0.15, -0.1) is 0 Å². The van der Waals surface area contributed by atoms with E-state index in [4.69, 9.17) is 4.52 Å². The van der Waals surface area contributed by atoms with Crippen LogP contribution in [0.25, 0.3) is 0 Å². The van der Waals surface area contributed by atoms with E-state index < -0.39 is 23.4 Å². The van der Waals surface area contributed by atoms with Gasteiger partial charge in [-0.2, -0.15) is 5.16 Å². The number of hydrogen-bond acceptors (Lipinski definition) is 5. The molecule has 1 aliphatic carbocycles. The van der Waals surface area contributed by atoms with Crippen LogP contribution in [0.2, 0.25) is 0 Å². The summed E-state index contributed by atoms with van der Waals surface area (Å²) in [6.45, 7) is 2.55. The van der Waals surface area contributed by atoms with Crippen LogP contribution < -0.4 is 5.56 Å². The van der Waals surface area contributed by atoms with Crippen molar-refractivity contribution in [1.82, 2.24) is 15.0 Å². The normalized spacial score (nSPS) is 23.3. The summed E-state index contributed by atoms with van der Waals surface area (Å²) in [6, 6.07) is 1.09. The van der Waals surface area contributed by atoms with E-state index in [1.165, 1.54) is 17.7 Å². The van der Waals surface area contributed by atoms with E-state index in [-0.39, 0.29) is 12.3 Å². The first-order chi connectivity index (χ1) is 10.5. The van der Waals surface area contributed by atoms with E-state index in [0.29, 0.717) is 25.6 Å². The first-order valence-corrected chi connectivity index (χ1v) is 7.46. The number of carbonyl (C=O) groups excluding carboxylic acids is 1. The third kappa shape index (κ3) is 3.38. The highest BCUT2D eigenvalue weighted by Gasteiger charge is 2.33. The maximum absolute atomic E-state index is 12.3. The Morgan fingerprint density at radius 2 is 2.09 bits per heavy atom. The SMILES string of the molecule is O=C(O)[C@@H]1CN(CC2CC2)CCN(C(=O)c2cc(=O)[nH]o2)C1. The van der Waals surface area contributed by atoms with Crippen LogP contribution in [0.5, 0.6) is 0 Å². The third-order valence-electron chi connectivity index (χ3n) is 4.19. The fraction of sp³-hybridized carbons (Fsp3) is 0.643. The van der Waals surface area contributed by atoms with Crippen LogP contribution >= 0.6 is 0 Å². The number of amides is 1. The summed E-state index contributed by atoms with van der Waals surface area (Å²) in [7, 11) is 0. The lowest BCUT2D eigenvalue weighted by molar-refractivity contribution is -0.142. The van der Waals surface area contributed by atoms with Crippen LogP contribution in [0, 0.1) is 11.8 Å². The minimum absolute atomic E-state index is 0.0789. The Kier molecular flexibility index (Phi) is 4.02. The number of nitrogens with one attached hydrogen (secondary N) is 1. The van der Waals surface area contributed by atoms with Gasteiger partial charge in [0.2, 0.25) is 5.76 Å². The van der Waals surface area contributed by atoms with Crippen LogP contribution in [0.3, 0.4) is 0 Å². The fourth-order valence-corrected chi connectivity index (χ4v) is 2.80. The molecule has 120 valence electrons. The number of nitrogens with zero attached hydrogens (tertiary/aromatic N) is 2. The van der Waals surface area contributed by atoms with Gasteiger partial charge in [-0.1, -0.05) is 0 Å². The number of aromatic amines is 1. The Morgan fingerprint density at radius 1 is 1.32 bits per heavy atom. The topological polar surface area (TPSA) is 107 Å². The number of carboxylic acid groups (broad SMARTS) is 1. The molecule has 0 unspecified atom stereocenters. The zero-order valence-electron chi connectivity index (χ0n) is 12.2. The van der Waals surface area contributed by atoms with Crippen molar-refractivity contribution in [3.63, 3.8) is 0 Å². The molecule has 1 aromatic rings. The molecule has 2 N–H and O–H groups in total. The second kappa shape index (κ2) is 5.96. The van der Waals surface area contributed by atoms with E-state index in [0.717, 1.165) is 12.6 Å². The first-order valence-electron chi connectivity index (χ1n) is 7.46. The first kappa shape index (κ1) is 14.8. The van der Waals surface area contributed by atoms with Crippen molar-refractivity contribution in [1.29, 1.82) is 0 Å². The molecule has 1 aromatic heterocycles. The van der Waals surface area contributed by atoms with E-state index in [2.05, 4.69) is 10.1 Å². The molecule has 8 nitrogen and oxygen atoms in total. The number of carboxylic acids is 1. The Morgan fingerprint density at radius 3 is 2.68 bits per heavy atom. The molecule has 1 atom stereocenters. The Hall–Kier alpha value is -2.09. The average molecular weight is 309 g/mol. The molecule has 0 bridgehead atoms. The number of carbonyl (C=O) groups is 2.